The van der Waals surface area contributed by atoms with E-state index in [9.17, 15) is 9.90 Å². The largest absolute Gasteiger partial charge is 0.388 e. The van der Waals surface area contributed by atoms with Crippen molar-refractivity contribution in [3.05, 3.63) is 21.4 Å². The van der Waals surface area contributed by atoms with Gasteiger partial charge in [0.1, 0.15) is 0 Å². The maximum Gasteiger partial charge on any atom is 0.263 e. The van der Waals surface area contributed by atoms with Crippen LogP contribution in [0.4, 0.5) is 0 Å². The van der Waals surface area contributed by atoms with Crippen LogP contribution in [-0.2, 0) is 11.2 Å². The van der Waals surface area contributed by atoms with Crippen LogP contribution in [0.2, 0.25) is 0 Å². The number of carbonyl (C=O) groups is 1. The SMILES string of the molecule is CCc1cc(C(=O)N(C)CC2(O)CCOCC2)sc1C. The quantitative estimate of drug-likeness (QED) is 0.927. The van der Waals surface area contributed by atoms with Crippen LogP contribution in [0.5, 0.6) is 0 Å². The van der Waals surface area contributed by atoms with Crippen molar-refractivity contribution in [3.63, 3.8) is 0 Å². The van der Waals surface area contributed by atoms with Gasteiger partial charge in [-0.05, 0) is 25.0 Å². The van der Waals surface area contributed by atoms with Gasteiger partial charge in [-0.25, -0.2) is 0 Å². The molecule has 0 bridgehead atoms. The number of hydrogen-bond acceptors (Lipinski definition) is 4. The van der Waals surface area contributed by atoms with Gasteiger partial charge in [-0.15, -0.1) is 11.3 Å². The molecule has 0 aromatic carbocycles. The molecule has 5 heteroatoms. The van der Waals surface area contributed by atoms with Crippen molar-refractivity contribution in [2.75, 3.05) is 26.8 Å². The summed E-state index contributed by atoms with van der Waals surface area (Å²) in [5.41, 5.74) is 0.430. The van der Waals surface area contributed by atoms with Crippen molar-refractivity contribution in [2.24, 2.45) is 0 Å². The third kappa shape index (κ3) is 3.40. The monoisotopic (exact) mass is 297 g/mol. The fraction of sp³-hybridized carbons (Fsp3) is 0.667. The van der Waals surface area contributed by atoms with E-state index in [0.29, 0.717) is 32.6 Å². The Kier molecular flexibility index (Phi) is 4.83. The minimum Gasteiger partial charge on any atom is -0.388 e. The smallest absolute Gasteiger partial charge is 0.263 e. The number of likely N-dealkylation sites (N-methyl/N-ethyl adjacent to an activating group) is 1. The Bertz CT molecular complexity index is 477. The summed E-state index contributed by atoms with van der Waals surface area (Å²) in [6.07, 6.45) is 2.13. The molecule has 1 aromatic rings. The number of aryl methyl sites for hydroxylation is 2. The number of carbonyl (C=O) groups excluding carboxylic acids is 1. The van der Waals surface area contributed by atoms with Crippen LogP contribution < -0.4 is 0 Å². The zero-order valence-electron chi connectivity index (χ0n) is 12.4. The van der Waals surface area contributed by atoms with Gasteiger partial charge in [0.05, 0.1) is 10.5 Å². The second-order valence-corrected chi connectivity index (χ2v) is 6.80. The van der Waals surface area contributed by atoms with Crippen molar-refractivity contribution in [1.82, 2.24) is 4.90 Å². The van der Waals surface area contributed by atoms with E-state index < -0.39 is 5.60 Å². The number of ether oxygens (including phenoxy) is 1. The number of hydrogen-bond donors (Lipinski definition) is 1. The van der Waals surface area contributed by atoms with E-state index >= 15 is 0 Å². The zero-order valence-corrected chi connectivity index (χ0v) is 13.3. The van der Waals surface area contributed by atoms with E-state index in [-0.39, 0.29) is 5.91 Å². The lowest BCUT2D eigenvalue weighted by Gasteiger charge is -2.35. The molecule has 0 atom stereocenters. The number of nitrogens with zero attached hydrogens (tertiary/aromatic N) is 1. The van der Waals surface area contributed by atoms with Crippen molar-refractivity contribution < 1.29 is 14.6 Å². The average Bonchev–Trinajstić information content (AvgIpc) is 2.79. The Labute approximate surface area is 124 Å². The molecule has 112 valence electrons. The Morgan fingerprint density at radius 1 is 1.50 bits per heavy atom. The predicted octanol–water partition coefficient (Wildman–Crippen LogP) is 2.23. The fourth-order valence-electron chi connectivity index (χ4n) is 2.59. The summed E-state index contributed by atoms with van der Waals surface area (Å²) in [4.78, 5) is 16.0. The van der Waals surface area contributed by atoms with Crippen LogP contribution in [0.25, 0.3) is 0 Å². The van der Waals surface area contributed by atoms with Crippen LogP contribution in [0.15, 0.2) is 6.07 Å². The summed E-state index contributed by atoms with van der Waals surface area (Å²) in [6, 6.07) is 1.98. The van der Waals surface area contributed by atoms with E-state index in [4.69, 9.17) is 4.74 Å². The van der Waals surface area contributed by atoms with Gasteiger partial charge in [0.2, 0.25) is 0 Å². The summed E-state index contributed by atoms with van der Waals surface area (Å²) in [5, 5.41) is 10.5. The molecule has 0 saturated carbocycles. The van der Waals surface area contributed by atoms with E-state index in [1.54, 1.807) is 11.9 Å². The Hall–Kier alpha value is -0.910. The molecule has 20 heavy (non-hydrogen) atoms. The molecule has 0 unspecified atom stereocenters. The molecule has 2 heterocycles. The number of thiophene rings is 1. The van der Waals surface area contributed by atoms with Gasteiger partial charge in [-0.1, -0.05) is 6.92 Å². The summed E-state index contributed by atoms with van der Waals surface area (Å²) in [7, 11) is 1.76. The van der Waals surface area contributed by atoms with Crippen molar-refractivity contribution in [1.29, 1.82) is 0 Å². The second kappa shape index (κ2) is 6.24. The Balaban J connectivity index is 2.04. The Morgan fingerprint density at radius 3 is 2.70 bits per heavy atom. The standard InChI is InChI=1S/C15H23NO3S/c1-4-12-9-13(20-11(12)2)14(17)16(3)10-15(18)5-7-19-8-6-15/h9,18H,4-8,10H2,1-3H3. The highest BCUT2D eigenvalue weighted by molar-refractivity contribution is 7.14. The van der Waals surface area contributed by atoms with E-state index in [1.807, 2.05) is 13.0 Å². The molecule has 0 spiro atoms. The summed E-state index contributed by atoms with van der Waals surface area (Å²) in [6.45, 7) is 5.64. The third-order valence-corrected chi connectivity index (χ3v) is 4.99. The molecule has 1 amide bonds. The number of aliphatic hydroxyl groups is 1. The van der Waals surface area contributed by atoms with Crippen molar-refractivity contribution in [3.8, 4) is 0 Å². The lowest BCUT2D eigenvalue weighted by Crippen LogP contribution is -2.47. The first-order chi connectivity index (χ1) is 9.45. The molecule has 0 radical (unpaired) electrons. The third-order valence-electron chi connectivity index (χ3n) is 3.91. The summed E-state index contributed by atoms with van der Waals surface area (Å²) < 4.78 is 5.26. The molecule has 1 aliphatic heterocycles. The molecule has 1 saturated heterocycles. The van der Waals surface area contributed by atoms with E-state index in [2.05, 4.69) is 6.92 Å². The predicted molar refractivity (Wildman–Crippen MR) is 80.4 cm³/mol. The molecular weight excluding hydrogens is 274 g/mol. The highest BCUT2D eigenvalue weighted by Gasteiger charge is 2.32. The van der Waals surface area contributed by atoms with Crippen LogP contribution >= 0.6 is 11.3 Å². The van der Waals surface area contributed by atoms with Gasteiger partial charge in [-0.2, -0.15) is 0 Å². The van der Waals surface area contributed by atoms with Gasteiger partial charge in [0.15, 0.2) is 0 Å². The molecular formula is C15H23NO3S. The van der Waals surface area contributed by atoms with Gasteiger partial charge >= 0.3 is 0 Å². The van der Waals surface area contributed by atoms with Crippen LogP contribution in [0.1, 0.15) is 39.9 Å². The number of amides is 1. The highest BCUT2D eigenvalue weighted by Crippen LogP contribution is 2.25. The number of rotatable bonds is 4. The van der Waals surface area contributed by atoms with Crippen LogP contribution in [-0.4, -0.2) is 48.3 Å². The molecule has 4 nitrogen and oxygen atoms in total. The minimum absolute atomic E-state index is 0.00211. The first kappa shape index (κ1) is 15.5. The normalized spacial score (nSPS) is 18.0. The summed E-state index contributed by atoms with van der Waals surface area (Å²) >= 11 is 1.54. The summed E-state index contributed by atoms with van der Waals surface area (Å²) in [5.74, 6) is -0.00211. The van der Waals surface area contributed by atoms with Crippen LogP contribution in [0, 0.1) is 6.92 Å². The Morgan fingerprint density at radius 2 is 2.15 bits per heavy atom. The van der Waals surface area contributed by atoms with E-state index in [1.165, 1.54) is 21.8 Å². The van der Waals surface area contributed by atoms with Gasteiger partial charge in [0, 0.05) is 44.5 Å². The van der Waals surface area contributed by atoms with Gasteiger partial charge < -0.3 is 14.7 Å². The van der Waals surface area contributed by atoms with Crippen LogP contribution in [0.3, 0.4) is 0 Å². The highest BCUT2D eigenvalue weighted by atomic mass is 32.1. The first-order valence-electron chi connectivity index (χ1n) is 7.10. The maximum atomic E-state index is 12.4. The molecule has 1 aliphatic rings. The van der Waals surface area contributed by atoms with Gasteiger partial charge in [-0.3, -0.25) is 4.79 Å². The van der Waals surface area contributed by atoms with Crippen molar-refractivity contribution in [2.45, 2.75) is 38.7 Å². The molecule has 1 fully saturated rings. The lowest BCUT2D eigenvalue weighted by atomic mass is 9.94. The topological polar surface area (TPSA) is 49.8 Å². The zero-order chi connectivity index (χ0) is 14.8. The average molecular weight is 297 g/mol. The molecule has 1 N–H and O–H groups in total. The van der Waals surface area contributed by atoms with E-state index in [0.717, 1.165) is 11.3 Å². The maximum absolute atomic E-state index is 12.4. The lowest BCUT2D eigenvalue weighted by molar-refractivity contribution is -0.0733. The minimum atomic E-state index is -0.803. The molecule has 1 aromatic heterocycles. The van der Waals surface area contributed by atoms with Crippen molar-refractivity contribution >= 4 is 17.2 Å². The second-order valence-electron chi connectivity index (χ2n) is 5.54. The van der Waals surface area contributed by atoms with Gasteiger partial charge in [0.25, 0.3) is 5.91 Å². The fourth-order valence-corrected chi connectivity index (χ4v) is 3.70. The molecule has 0 aliphatic carbocycles. The first-order valence-corrected chi connectivity index (χ1v) is 7.92. The molecule has 2 rings (SSSR count).